The first-order valence-electron chi connectivity index (χ1n) is 10.0. The highest BCUT2D eigenvalue weighted by Crippen LogP contribution is 2.37. The summed E-state index contributed by atoms with van der Waals surface area (Å²) in [4.78, 5) is 26.4. The van der Waals surface area contributed by atoms with Crippen LogP contribution in [0.3, 0.4) is 0 Å². The van der Waals surface area contributed by atoms with Crippen LogP contribution in [0.5, 0.6) is 11.5 Å². The average Bonchev–Trinajstić information content (AvgIpc) is 3.05. The topological polar surface area (TPSA) is 65.1 Å². The molecule has 0 aliphatic carbocycles. The lowest BCUT2D eigenvalue weighted by Gasteiger charge is -2.16. The molecule has 9 heteroatoms. The van der Waals surface area contributed by atoms with Crippen molar-refractivity contribution in [1.29, 1.82) is 0 Å². The van der Waals surface area contributed by atoms with Gasteiger partial charge in [-0.1, -0.05) is 35.3 Å². The fourth-order valence-electron chi connectivity index (χ4n) is 3.20. The molecule has 1 aliphatic rings. The van der Waals surface area contributed by atoms with Gasteiger partial charge < -0.3 is 14.2 Å². The molecule has 0 saturated carbocycles. The number of imide groups is 1. The normalized spacial score (nSPS) is 14.8. The van der Waals surface area contributed by atoms with Crippen molar-refractivity contribution in [2.24, 2.45) is 0 Å². The van der Waals surface area contributed by atoms with Crippen molar-refractivity contribution < 1.29 is 23.8 Å². The highest BCUT2D eigenvalue weighted by atomic mass is 35.5. The third-order valence-corrected chi connectivity index (χ3v) is 6.44. The molecule has 1 saturated heterocycles. The van der Waals surface area contributed by atoms with Gasteiger partial charge in [0.2, 0.25) is 0 Å². The molecule has 1 fully saturated rings. The molecule has 1 heterocycles. The molecule has 174 valence electrons. The van der Waals surface area contributed by atoms with Crippen LogP contribution in [-0.4, -0.2) is 43.4 Å². The molecule has 0 spiro atoms. The number of amides is 2. The number of nitrogens with zero attached hydrogens (tertiary/aromatic N) is 1. The third kappa shape index (κ3) is 6.12. The van der Waals surface area contributed by atoms with Crippen LogP contribution < -0.4 is 9.47 Å². The van der Waals surface area contributed by atoms with Gasteiger partial charge >= 0.3 is 0 Å². The molecule has 0 aromatic heterocycles. The van der Waals surface area contributed by atoms with Gasteiger partial charge in [-0.05, 0) is 59.7 Å². The van der Waals surface area contributed by atoms with Crippen molar-refractivity contribution in [2.75, 3.05) is 27.4 Å². The molecule has 0 bridgehead atoms. The van der Waals surface area contributed by atoms with E-state index in [9.17, 15) is 9.59 Å². The van der Waals surface area contributed by atoms with E-state index in [0.717, 1.165) is 22.9 Å². The van der Waals surface area contributed by atoms with Gasteiger partial charge in [0.05, 0.1) is 35.2 Å². The number of hydrogen-bond acceptors (Lipinski definition) is 6. The smallest absolute Gasteiger partial charge is 0.293 e. The maximum atomic E-state index is 12.6. The number of halogens is 2. The molecular formula is C24H23Cl2NO5S. The van der Waals surface area contributed by atoms with Crippen LogP contribution in [0.2, 0.25) is 10.0 Å². The van der Waals surface area contributed by atoms with Crippen LogP contribution in [0.1, 0.15) is 16.7 Å². The van der Waals surface area contributed by atoms with Gasteiger partial charge in [-0.15, -0.1) is 6.58 Å². The van der Waals surface area contributed by atoms with E-state index in [1.54, 1.807) is 37.5 Å². The second kappa shape index (κ2) is 11.6. The van der Waals surface area contributed by atoms with Crippen molar-refractivity contribution in [2.45, 2.75) is 13.0 Å². The Labute approximate surface area is 207 Å². The lowest BCUT2D eigenvalue weighted by atomic mass is 10.0. The molecule has 2 aromatic carbocycles. The monoisotopic (exact) mass is 507 g/mol. The summed E-state index contributed by atoms with van der Waals surface area (Å²) < 4.78 is 16.6. The second-order valence-corrected chi connectivity index (χ2v) is 8.88. The maximum Gasteiger partial charge on any atom is 0.293 e. The largest absolute Gasteiger partial charge is 0.493 e. The lowest BCUT2D eigenvalue weighted by Crippen LogP contribution is -2.31. The predicted molar refractivity (Wildman–Crippen MR) is 132 cm³/mol. The molecule has 0 unspecified atom stereocenters. The Morgan fingerprint density at radius 3 is 2.58 bits per heavy atom. The van der Waals surface area contributed by atoms with E-state index in [1.165, 1.54) is 12.0 Å². The highest BCUT2D eigenvalue weighted by Gasteiger charge is 2.34. The van der Waals surface area contributed by atoms with Crippen molar-refractivity contribution in [3.8, 4) is 11.5 Å². The maximum absolute atomic E-state index is 12.6. The summed E-state index contributed by atoms with van der Waals surface area (Å²) in [6.07, 6.45) is 3.95. The zero-order valence-electron chi connectivity index (χ0n) is 18.2. The summed E-state index contributed by atoms with van der Waals surface area (Å²) in [6, 6.07) is 8.95. The number of ether oxygens (including phenoxy) is 3. The molecule has 1 aliphatic heterocycles. The second-order valence-electron chi connectivity index (χ2n) is 7.07. The summed E-state index contributed by atoms with van der Waals surface area (Å²) in [6.45, 7) is 4.58. The van der Waals surface area contributed by atoms with Crippen molar-refractivity contribution in [3.63, 3.8) is 0 Å². The SMILES string of the molecule is C=CCc1cc(/C=C2/SC(=O)N(CCOC)C2=O)cc(OC)c1OCc1ccc(Cl)c(Cl)c1. The molecule has 2 amide bonds. The summed E-state index contributed by atoms with van der Waals surface area (Å²) in [5.41, 5.74) is 2.39. The van der Waals surface area contributed by atoms with Crippen LogP contribution in [0, 0.1) is 0 Å². The van der Waals surface area contributed by atoms with Gasteiger partial charge in [-0.25, -0.2) is 0 Å². The van der Waals surface area contributed by atoms with Gasteiger partial charge in [0, 0.05) is 12.7 Å². The minimum Gasteiger partial charge on any atom is -0.493 e. The van der Waals surface area contributed by atoms with E-state index in [-0.39, 0.29) is 30.9 Å². The van der Waals surface area contributed by atoms with Crippen molar-refractivity contribution in [1.82, 2.24) is 4.90 Å². The minimum atomic E-state index is -0.341. The molecular weight excluding hydrogens is 485 g/mol. The first-order chi connectivity index (χ1) is 15.9. The van der Waals surface area contributed by atoms with E-state index in [4.69, 9.17) is 37.4 Å². The Balaban J connectivity index is 1.89. The van der Waals surface area contributed by atoms with E-state index in [2.05, 4.69) is 6.58 Å². The Kier molecular flexibility index (Phi) is 8.86. The van der Waals surface area contributed by atoms with Gasteiger partial charge in [0.15, 0.2) is 11.5 Å². The summed E-state index contributed by atoms with van der Waals surface area (Å²) in [5.74, 6) is 0.722. The zero-order chi connectivity index (χ0) is 24.0. The van der Waals surface area contributed by atoms with E-state index in [1.807, 2.05) is 12.1 Å². The molecule has 6 nitrogen and oxygen atoms in total. The van der Waals surface area contributed by atoms with Crippen LogP contribution in [-0.2, 0) is 22.6 Å². The number of thioether (sulfide) groups is 1. The Morgan fingerprint density at radius 2 is 1.91 bits per heavy atom. The standard InChI is InChI=1S/C24H23Cl2NO5S/c1-4-5-17-10-16(13-21-23(28)27(8-9-30-2)24(29)33-21)12-20(31-3)22(17)32-14-15-6-7-18(25)19(26)11-15/h4,6-7,10-13H,1,5,8-9,14H2,2-3H3/b21-13+. The molecule has 33 heavy (non-hydrogen) atoms. The third-order valence-electron chi connectivity index (χ3n) is 4.80. The summed E-state index contributed by atoms with van der Waals surface area (Å²) in [5, 5.41) is 0.607. The van der Waals surface area contributed by atoms with Crippen molar-refractivity contribution >= 4 is 52.2 Å². The Bertz CT molecular complexity index is 1100. The fraction of sp³-hybridized carbons (Fsp3) is 0.250. The molecule has 0 atom stereocenters. The average molecular weight is 508 g/mol. The van der Waals surface area contributed by atoms with E-state index in [0.29, 0.717) is 38.4 Å². The molecule has 0 radical (unpaired) electrons. The summed E-state index contributed by atoms with van der Waals surface area (Å²) in [7, 11) is 3.06. The number of benzene rings is 2. The minimum absolute atomic E-state index is 0.213. The Morgan fingerprint density at radius 1 is 1.12 bits per heavy atom. The Hall–Kier alpha value is -2.45. The first-order valence-corrected chi connectivity index (χ1v) is 11.6. The number of allylic oxidation sites excluding steroid dienone is 1. The van der Waals surface area contributed by atoms with Gasteiger partial charge in [-0.3, -0.25) is 14.5 Å². The van der Waals surface area contributed by atoms with Crippen LogP contribution >= 0.6 is 35.0 Å². The lowest BCUT2D eigenvalue weighted by molar-refractivity contribution is -0.123. The number of hydrogen-bond donors (Lipinski definition) is 0. The van der Waals surface area contributed by atoms with E-state index >= 15 is 0 Å². The molecule has 0 N–H and O–H groups in total. The first kappa shape index (κ1) is 25.2. The van der Waals surface area contributed by atoms with Crippen LogP contribution in [0.15, 0.2) is 47.9 Å². The van der Waals surface area contributed by atoms with Gasteiger partial charge in [-0.2, -0.15) is 0 Å². The number of carbonyl (C=O) groups is 2. The predicted octanol–water partition coefficient (Wildman–Crippen LogP) is 5.99. The molecule has 2 aromatic rings. The molecule has 3 rings (SSSR count). The fourth-order valence-corrected chi connectivity index (χ4v) is 4.39. The van der Waals surface area contributed by atoms with Crippen LogP contribution in [0.4, 0.5) is 4.79 Å². The number of methoxy groups -OCH3 is 2. The van der Waals surface area contributed by atoms with E-state index < -0.39 is 0 Å². The highest BCUT2D eigenvalue weighted by molar-refractivity contribution is 8.18. The zero-order valence-corrected chi connectivity index (χ0v) is 20.6. The van der Waals surface area contributed by atoms with Gasteiger partial charge in [0.25, 0.3) is 11.1 Å². The number of rotatable bonds is 10. The quantitative estimate of drug-likeness (QED) is 0.290. The van der Waals surface area contributed by atoms with Crippen LogP contribution in [0.25, 0.3) is 6.08 Å². The van der Waals surface area contributed by atoms with Crippen molar-refractivity contribution in [3.05, 3.63) is 74.6 Å². The van der Waals surface area contributed by atoms with Gasteiger partial charge in [0.1, 0.15) is 6.61 Å². The number of carbonyl (C=O) groups excluding carboxylic acids is 2. The summed E-state index contributed by atoms with van der Waals surface area (Å²) >= 11 is 13.0.